The number of hydrogen-bond donors (Lipinski definition) is 1. The fraction of sp³-hybridized carbons (Fsp3) is 0.207. The summed E-state index contributed by atoms with van der Waals surface area (Å²) in [5.74, 6) is -1.28. The van der Waals surface area contributed by atoms with Crippen LogP contribution in [0.2, 0.25) is 0 Å². The number of benzene rings is 3. The summed E-state index contributed by atoms with van der Waals surface area (Å²) < 4.78 is 5.91. The molecule has 0 aromatic heterocycles. The average molecular weight is 464 g/mol. The normalized spacial score (nSPS) is 24.2. The summed E-state index contributed by atoms with van der Waals surface area (Å²) >= 11 is 0. The molecule has 0 spiro atoms. The zero-order valence-electron chi connectivity index (χ0n) is 19.3. The first-order valence-corrected chi connectivity index (χ1v) is 11.6. The summed E-state index contributed by atoms with van der Waals surface area (Å²) in [7, 11) is 0. The van der Waals surface area contributed by atoms with E-state index in [-0.39, 0.29) is 5.78 Å². The zero-order valence-corrected chi connectivity index (χ0v) is 19.3. The van der Waals surface area contributed by atoms with Crippen molar-refractivity contribution in [3.8, 4) is 11.8 Å². The van der Waals surface area contributed by atoms with Gasteiger partial charge in [-0.3, -0.25) is 9.59 Å². The van der Waals surface area contributed by atoms with Crippen LogP contribution in [0.25, 0.3) is 6.08 Å². The van der Waals surface area contributed by atoms with Gasteiger partial charge in [0, 0.05) is 22.7 Å². The number of hydrogen-bond acceptors (Lipinski definition) is 5. The Morgan fingerprint density at radius 3 is 2.43 bits per heavy atom. The van der Waals surface area contributed by atoms with E-state index in [9.17, 15) is 14.9 Å². The Labute approximate surface area is 204 Å². The van der Waals surface area contributed by atoms with Gasteiger partial charge in [0.15, 0.2) is 11.2 Å². The number of nitrogens with zero attached hydrogens (tertiary/aromatic N) is 2. The molecule has 2 aliphatic rings. The lowest BCUT2D eigenvalue weighted by atomic mass is 9.67. The van der Waals surface area contributed by atoms with Crippen molar-refractivity contribution in [1.29, 1.82) is 5.26 Å². The van der Waals surface area contributed by atoms with Gasteiger partial charge in [0.1, 0.15) is 11.8 Å². The third kappa shape index (κ3) is 3.31. The minimum atomic E-state index is -1.70. The van der Waals surface area contributed by atoms with Crippen LogP contribution >= 0.6 is 0 Å². The molecule has 5 rings (SSSR count). The van der Waals surface area contributed by atoms with Crippen molar-refractivity contribution in [2.75, 3.05) is 11.5 Å². The topological polar surface area (TPSA) is 96.4 Å². The number of fused-ring (bicyclic) bond motifs is 3. The Balaban J connectivity index is 1.83. The molecule has 1 saturated heterocycles. The number of anilines is 1. The molecule has 6 heteroatoms. The first-order chi connectivity index (χ1) is 17.0. The highest BCUT2D eigenvalue weighted by molar-refractivity contribution is 6.06. The largest absolute Gasteiger partial charge is 0.494 e. The van der Waals surface area contributed by atoms with Crippen LogP contribution in [-0.4, -0.2) is 30.4 Å². The molecule has 0 aliphatic carbocycles. The van der Waals surface area contributed by atoms with Crippen molar-refractivity contribution < 1.29 is 14.3 Å². The Morgan fingerprint density at radius 2 is 1.71 bits per heavy atom. The van der Waals surface area contributed by atoms with E-state index in [0.29, 0.717) is 23.5 Å². The third-order valence-corrected chi connectivity index (χ3v) is 7.02. The van der Waals surface area contributed by atoms with Crippen molar-refractivity contribution in [3.05, 3.63) is 102 Å². The Morgan fingerprint density at radius 1 is 1.03 bits per heavy atom. The third-order valence-electron chi connectivity index (χ3n) is 7.02. The van der Waals surface area contributed by atoms with Gasteiger partial charge in [0.2, 0.25) is 5.91 Å². The minimum absolute atomic E-state index is 0.185. The van der Waals surface area contributed by atoms with E-state index >= 15 is 0 Å². The highest BCUT2D eigenvalue weighted by Gasteiger charge is 2.66. The maximum absolute atomic E-state index is 14.2. The van der Waals surface area contributed by atoms with E-state index in [4.69, 9.17) is 10.5 Å². The summed E-state index contributed by atoms with van der Waals surface area (Å²) in [5.41, 5.74) is 7.15. The number of ether oxygens (including phenoxy) is 1. The molecule has 3 aromatic rings. The van der Waals surface area contributed by atoms with E-state index in [2.05, 4.69) is 6.07 Å². The number of rotatable bonds is 6. The van der Waals surface area contributed by atoms with Crippen LogP contribution < -0.4 is 15.4 Å². The molecule has 1 fully saturated rings. The highest BCUT2D eigenvalue weighted by Crippen LogP contribution is 2.57. The lowest BCUT2D eigenvalue weighted by Crippen LogP contribution is -2.49. The van der Waals surface area contributed by atoms with E-state index in [1.807, 2.05) is 72.5 Å². The van der Waals surface area contributed by atoms with Crippen LogP contribution in [0.3, 0.4) is 0 Å². The lowest BCUT2D eigenvalue weighted by Gasteiger charge is -2.36. The molecule has 35 heavy (non-hydrogen) atoms. The van der Waals surface area contributed by atoms with E-state index in [0.717, 1.165) is 11.3 Å². The zero-order chi connectivity index (χ0) is 24.6. The van der Waals surface area contributed by atoms with E-state index < -0.39 is 29.3 Å². The van der Waals surface area contributed by atoms with E-state index in [1.165, 1.54) is 0 Å². The molecular weight excluding hydrogens is 438 g/mol. The Bertz CT molecular complexity index is 1360. The van der Waals surface area contributed by atoms with Crippen molar-refractivity contribution in [3.63, 3.8) is 0 Å². The molecule has 0 bridgehead atoms. The van der Waals surface area contributed by atoms with Gasteiger partial charge >= 0.3 is 0 Å². The monoisotopic (exact) mass is 463 g/mol. The molecule has 2 heterocycles. The number of carbonyl (C=O) groups is 2. The molecule has 0 unspecified atom stereocenters. The molecule has 0 saturated carbocycles. The van der Waals surface area contributed by atoms with Gasteiger partial charge in [-0.2, -0.15) is 5.26 Å². The van der Waals surface area contributed by atoms with Crippen LogP contribution in [0, 0.1) is 16.7 Å². The molecular formula is C29H25N3O3. The van der Waals surface area contributed by atoms with Crippen LogP contribution in [0.4, 0.5) is 5.69 Å². The molecule has 6 nitrogen and oxygen atoms in total. The summed E-state index contributed by atoms with van der Waals surface area (Å²) in [4.78, 5) is 29.4. The average Bonchev–Trinajstić information content (AvgIpc) is 3.21. The van der Waals surface area contributed by atoms with Crippen LogP contribution in [-0.2, 0) is 4.79 Å². The summed E-state index contributed by atoms with van der Waals surface area (Å²) in [6.07, 6.45) is 3.72. The van der Waals surface area contributed by atoms with Crippen LogP contribution in [0.5, 0.6) is 5.75 Å². The molecule has 0 radical (unpaired) electrons. The molecule has 2 aliphatic heterocycles. The standard InChI is InChI=1S/C29H25N3O3/c1-2-35-23-15-9-7-13-21(23)25-26(27(33)20-11-4-3-5-12-20)32-22-14-8-6-10-19(22)16-17-24(32)29(25,18-30)28(31)34/h3-17,24-26H,2H2,1H3,(H2,31,34)/t24-,25+,26-,29+/m0/s1. The number of para-hydroxylation sites is 2. The molecule has 1 amide bonds. The number of amides is 1. The number of nitrogens with two attached hydrogens (primary N) is 1. The van der Waals surface area contributed by atoms with Gasteiger partial charge in [0.25, 0.3) is 0 Å². The number of carbonyl (C=O) groups excluding carboxylic acids is 2. The van der Waals surface area contributed by atoms with Gasteiger partial charge < -0.3 is 15.4 Å². The Kier molecular flexibility index (Phi) is 5.62. The number of Topliss-reactive ketones (excluding diaryl/α,β-unsaturated/α-hetero) is 1. The number of ketones is 1. The van der Waals surface area contributed by atoms with Gasteiger partial charge in [-0.1, -0.05) is 78.9 Å². The maximum atomic E-state index is 14.2. The smallest absolute Gasteiger partial charge is 0.241 e. The van der Waals surface area contributed by atoms with E-state index in [1.54, 1.807) is 30.3 Å². The predicted molar refractivity (Wildman–Crippen MR) is 134 cm³/mol. The van der Waals surface area contributed by atoms with Crippen molar-refractivity contribution in [1.82, 2.24) is 0 Å². The van der Waals surface area contributed by atoms with Gasteiger partial charge in [-0.25, -0.2) is 0 Å². The first kappa shape index (κ1) is 22.4. The number of nitriles is 1. The summed E-state index contributed by atoms with van der Waals surface area (Å²) in [6, 6.07) is 24.6. The summed E-state index contributed by atoms with van der Waals surface area (Å²) in [5, 5.41) is 10.6. The fourth-order valence-electron chi connectivity index (χ4n) is 5.57. The fourth-order valence-corrected chi connectivity index (χ4v) is 5.57. The molecule has 3 aromatic carbocycles. The van der Waals surface area contributed by atoms with Crippen LogP contribution in [0.15, 0.2) is 84.9 Å². The van der Waals surface area contributed by atoms with Crippen molar-refractivity contribution in [2.45, 2.75) is 24.9 Å². The van der Waals surface area contributed by atoms with Crippen molar-refractivity contribution in [2.24, 2.45) is 11.1 Å². The predicted octanol–water partition coefficient (Wildman–Crippen LogP) is 4.33. The Hall–Kier alpha value is -4.37. The minimum Gasteiger partial charge on any atom is -0.494 e. The molecule has 174 valence electrons. The highest BCUT2D eigenvalue weighted by atomic mass is 16.5. The maximum Gasteiger partial charge on any atom is 0.241 e. The first-order valence-electron chi connectivity index (χ1n) is 11.6. The van der Waals surface area contributed by atoms with Gasteiger partial charge in [-0.05, 0) is 24.6 Å². The second-order valence-corrected chi connectivity index (χ2v) is 8.74. The molecule has 2 N–H and O–H groups in total. The van der Waals surface area contributed by atoms with Crippen molar-refractivity contribution >= 4 is 23.5 Å². The van der Waals surface area contributed by atoms with Gasteiger partial charge in [0.05, 0.1) is 18.7 Å². The van der Waals surface area contributed by atoms with Crippen LogP contribution in [0.1, 0.15) is 34.3 Å². The molecule has 4 atom stereocenters. The summed E-state index contributed by atoms with van der Waals surface area (Å²) in [6.45, 7) is 2.26. The second-order valence-electron chi connectivity index (χ2n) is 8.74. The second kappa shape index (κ2) is 8.77. The number of primary amides is 1. The quantitative estimate of drug-likeness (QED) is 0.549. The van der Waals surface area contributed by atoms with Gasteiger partial charge in [-0.15, -0.1) is 0 Å². The lowest BCUT2D eigenvalue weighted by molar-refractivity contribution is -0.125. The SMILES string of the molecule is CCOc1ccccc1[C@@H]1[C@@H](C(=O)c2ccccc2)N2c3ccccc3C=C[C@H]2[C@@]1(C#N)C(N)=O.